The monoisotopic (exact) mass is 344 g/mol. The van der Waals surface area contributed by atoms with Crippen LogP contribution in [0.5, 0.6) is 11.5 Å². The van der Waals surface area contributed by atoms with Crippen molar-refractivity contribution >= 4 is 11.6 Å². The summed E-state index contributed by atoms with van der Waals surface area (Å²) in [7, 11) is 5.47. The number of hydrogen-bond acceptors (Lipinski definition) is 5. The second kappa shape index (κ2) is 8.94. The van der Waals surface area contributed by atoms with Crippen LogP contribution < -0.4 is 19.7 Å². The van der Waals surface area contributed by atoms with Gasteiger partial charge in [-0.3, -0.25) is 4.79 Å². The molecule has 0 saturated carbocycles. The molecule has 6 nitrogen and oxygen atoms in total. The van der Waals surface area contributed by atoms with E-state index in [4.69, 9.17) is 9.47 Å². The summed E-state index contributed by atoms with van der Waals surface area (Å²) in [5, 5.41) is 12.8. The van der Waals surface area contributed by atoms with Crippen molar-refractivity contribution in [2.75, 3.05) is 39.3 Å². The second-order valence-corrected chi connectivity index (χ2v) is 5.77. The van der Waals surface area contributed by atoms with Crippen molar-refractivity contribution in [3.05, 3.63) is 54.1 Å². The Hall–Kier alpha value is -2.73. The van der Waals surface area contributed by atoms with Crippen LogP contribution in [0, 0.1) is 0 Å². The normalized spacial score (nSPS) is 11.5. The number of aliphatic hydroxyl groups is 1. The zero-order valence-corrected chi connectivity index (χ0v) is 14.7. The number of nitrogens with zero attached hydrogens (tertiary/aromatic N) is 1. The maximum absolute atomic E-state index is 11.9. The minimum atomic E-state index is -0.767. The van der Waals surface area contributed by atoms with Crippen LogP contribution in [0.1, 0.15) is 11.7 Å². The molecule has 0 aliphatic carbocycles. The summed E-state index contributed by atoms with van der Waals surface area (Å²) in [6.07, 6.45) is -0.767. The van der Waals surface area contributed by atoms with E-state index in [0.717, 1.165) is 11.3 Å². The molecule has 134 valence electrons. The van der Waals surface area contributed by atoms with Gasteiger partial charge in [-0.25, -0.2) is 0 Å². The van der Waals surface area contributed by atoms with Gasteiger partial charge >= 0.3 is 0 Å². The van der Waals surface area contributed by atoms with E-state index >= 15 is 0 Å². The predicted molar refractivity (Wildman–Crippen MR) is 97.2 cm³/mol. The first-order valence-electron chi connectivity index (χ1n) is 7.98. The molecule has 1 amide bonds. The fourth-order valence-electron chi connectivity index (χ4n) is 2.21. The number of nitrogens with one attached hydrogen (secondary N) is 1. The molecule has 0 radical (unpaired) electrons. The van der Waals surface area contributed by atoms with E-state index in [1.807, 2.05) is 43.3 Å². The third kappa shape index (κ3) is 5.69. The Kier molecular flexibility index (Phi) is 6.65. The lowest BCUT2D eigenvalue weighted by Crippen LogP contribution is -2.32. The smallest absolute Gasteiger partial charge is 0.258 e. The lowest BCUT2D eigenvalue weighted by atomic mass is 10.1. The highest BCUT2D eigenvalue weighted by atomic mass is 16.5. The molecule has 0 spiro atoms. The van der Waals surface area contributed by atoms with Crippen LogP contribution in [0.25, 0.3) is 0 Å². The average Bonchev–Trinajstić information content (AvgIpc) is 2.64. The van der Waals surface area contributed by atoms with E-state index in [1.54, 1.807) is 31.4 Å². The third-order valence-electron chi connectivity index (χ3n) is 3.70. The molecule has 0 aliphatic rings. The van der Waals surface area contributed by atoms with Crippen molar-refractivity contribution in [2.24, 2.45) is 0 Å². The van der Waals surface area contributed by atoms with Gasteiger partial charge in [0.15, 0.2) is 6.61 Å². The number of hydrogen-bond donors (Lipinski definition) is 2. The number of aliphatic hydroxyl groups excluding tert-OH is 1. The van der Waals surface area contributed by atoms with Crippen LogP contribution >= 0.6 is 0 Å². The highest BCUT2D eigenvalue weighted by Crippen LogP contribution is 2.19. The topological polar surface area (TPSA) is 71.0 Å². The Bertz CT molecular complexity index is 686. The molecule has 2 N–H and O–H groups in total. The summed E-state index contributed by atoms with van der Waals surface area (Å²) in [6, 6.07) is 14.6. The quantitative estimate of drug-likeness (QED) is 0.766. The van der Waals surface area contributed by atoms with Crippen molar-refractivity contribution in [3.8, 4) is 11.5 Å². The Morgan fingerprint density at radius 1 is 1.16 bits per heavy atom. The Labute approximate surface area is 148 Å². The number of ether oxygens (including phenoxy) is 2. The maximum Gasteiger partial charge on any atom is 0.258 e. The van der Waals surface area contributed by atoms with Crippen LogP contribution in [-0.4, -0.2) is 45.4 Å². The van der Waals surface area contributed by atoms with Gasteiger partial charge in [0.2, 0.25) is 0 Å². The molecule has 2 aromatic carbocycles. The highest BCUT2D eigenvalue weighted by Gasteiger charge is 2.10. The predicted octanol–water partition coefficient (Wildman–Crippen LogP) is 1.99. The Morgan fingerprint density at radius 2 is 1.84 bits per heavy atom. The standard InChI is InChI=1S/C19H24N2O4/c1-21(2)15-9-7-14(8-10-15)18(22)12-20-19(23)13-25-17-6-4-5-16(11-17)24-3/h4-11,18,22H,12-13H2,1-3H3,(H,20,23). The molecule has 2 aromatic rings. The largest absolute Gasteiger partial charge is 0.497 e. The van der Waals surface area contributed by atoms with E-state index < -0.39 is 6.10 Å². The number of carbonyl (C=O) groups is 1. The van der Waals surface area contributed by atoms with Crippen LogP contribution in [0.4, 0.5) is 5.69 Å². The summed E-state index contributed by atoms with van der Waals surface area (Å²) >= 11 is 0. The van der Waals surface area contributed by atoms with Gasteiger partial charge in [0.1, 0.15) is 11.5 Å². The lowest BCUT2D eigenvalue weighted by Gasteiger charge is -2.16. The van der Waals surface area contributed by atoms with Gasteiger partial charge < -0.3 is 24.8 Å². The number of carbonyl (C=O) groups excluding carboxylic acids is 1. The van der Waals surface area contributed by atoms with Gasteiger partial charge in [-0.15, -0.1) is 0 Å². The minimum absolute atomic E-state index is 0.126. The third-order valence-corrected chi connectivity index (χ3v) is 3.70. The zero-order valence-electron chi connectivity index (χ0n) is 14.7. The van der Waals surface area contributed by atoms with Crippen molar-refractivity contribution in [1.29, 1.82) is 0 Å². The lowest BCUT2D eigenvalue weighted by molar-refractivity contribution is -0.123. The molecule has 0 heterocycles. The molecule has 1 atom stereocenters. The minimum Gasteiger partial charge on any atom is -0.497 e. The molecule has 25 heavy (non-hydrogen) atoms. The van der Waals surface area contributed by atoms with Gasteiger partial charge in [0.05, 0.1) is 13.2 Å². The van der Waals surface area contributed by atoms with E-state index in [2.05, 4.69) is 5.32 Å². The van der Waals surface area contributed by atoms with Gasteiger partial charge in [-0.2, -0.15) is 0 Å². The number of benzene rings is 2. The molecular weight excluding hydrogens is 320 g/mol. The molecule has 2 rings (SSSR count). The number of anilines is 1. The SMILES string of the molecule is COc1cccc(OCC(=O)NCC(O)c2ccc(N(C)C)cc2)c1. The average molecular weight is 344 g/mol. The molecule has 6 heteroatoms. The van der Waals surface area contributed by atoms with Crippen molar-refractivity contribution < 1.29 is 19.4 Å². The summed E-state index contributed by atoms with van der Waals surface area (Å²) in [5.41, 5.74) is 1.80. The molecule has 0 aliphatic heterocycles. The van der Waals surface area contributed by atoms with Gasteiger partial charge in [-0.1, -0.05) is 18.2 Å². The van der Waals surface area contributed by atoms with E-state index in [1.165, 1.54) is 0 Å². The number of methoxy groups -OCH3 is 1. The van der Waals surface area contributed by atoms with Crippen molar-refractivity contribution in [3.63, 3.8) is 0 Å². The van der Waals surface area contributed by atoms with E-state index in [0.29, 0.717) is 11.5 Å². The Morgan fingerprint density at radius 3 is 2.48 bits per heavy atom. The van der Waals surface area contributed by atoms with Gasteiger partial charge in [0, 0.05) is 32.4 Å². The van der Waals surface area contributed by atoms with Gasteiger partial charge in [0.25, 0.3) is 5.91 Å². The molecular formula is C19H24N2O4. The summed E-state index contributed by atoms with van der Waals surface area (Å²) in [5.74, 6) is 0.913. The molecule has 0 saturated heterocycles. The van der Waals surface area contributed by atoms with E-state index in [-0.39, 0.29) is 19.1 Å². The second-order valence-electron chi connectivity index (χ2n) is 5.77. The fraction of sp³-hybridized carbons (Fsp3) is 0.316. The summed E-state index contributed by atoms with van der Waals surface area (Å²) in [6.45, 7) is 0.00106. The molecule has 0 fully saturated rings. The summed E-state index contributed by atoms with van der Waals surface area (Å²) in [4.78, 5) is 13.8. The highest BCUT2D eigenvalue weighted by molar-refractivity contribution is 5.77. The zero-order chi connectivity index (χ0) is 18.2. The molecule has 0 bridgehead atoms. The number of amides is 1. The summed E-state index contributed by atoms with van der Waals surface area (Å²) < 4.78 is 10.5. The van der Waals surface area contributed by atoms with Crippen LogP contribution in [0.2, 0.25) is 0 Å². The van der Waals surface area contributed by atoms with E-state index in [9.17, 15) is 9.90 Å². The van der Waals surface area contributed by atoms with Crippen LogP contribution in [0.3, 0.4) is 0 Å². The van der Waals surface area contributed by atoms with Gasteiger partial charge in [-0.05, 0) is 29.8 Å². The van der Waals surface area contributed by atoms with Crippen molar-refractivity contribution in [1.82, 2.24) is 5.32 Å². The first-order valence-corrected chi connectivity index (χ1v) is 7.98. The molecule has 0 aromatic heterocycles. The first kappa shape index (κ1) is 18.6. The number of rotatable bonds is 8. The molecule has 1 unspecified atom stereocenters. The van der Waals surface area contributed by atoms with Crippen molar-refractivity contribution in [2.45, 2.75) is 6.10 Å². The van der Waals surface area contributed by atoms with Crippen LogP contribution in [0.15, 0.2) is 48.5 Å². The maximum atomic E-state index is 11.9. The first-order chi connectivity index (χ1) is 12.0. The van der Waals surface area contributed by atoms with Crippen LogP contribution in [-0.2, 0) is 4.79 Å². The Balaban J connectivity index is 1.78. The fourth-order valence-corrected chi connectivity index (χ4v) is 2.21.